The van der Waals surface area contributed by atoms with Gasteiger partial charge in [-0.05, 0) is 45.4 Å². The second-order valence-electron chi connectivity index (χ2n) is 7.37. The van der Waals surface area contributed by atoms with Crippen LogP contribution in [0.3, 0.4) is 0 Å². The molecule has 0 aromatic carbocycles. The lowest BCUT2D eigenvalue weighted by atomic mass is 9.90. The highest BCUT2D eigenvalue weighted by Gasteiger charge is 2.42. The Hall–Kier alpha value is -1.88. The van der Waals surface area contributed by atoms with Crippen molar-refractivity contribution in [2.24, 2.45) is 0 Å². The van der Waals surface area contributed by atoms with E-state index in [-0.39, 0.29) is 16.0 Å². The van der Waals surface area contributed by atoms with Gasteiger partial charge < -0.3 is 10.2 Å². The fourth-order valence-corrected chi connectivity index (χ4v) is 4.59. The van der Waals surface area contributed by atoms with Crippen LogP contribution in [0, 0.1) is 6.92 Å². The number of aromatic nitrogens is 1. The largest absolute Gasteiger partial charge is 0.416 e. The molecule has 1 fully saturated rings. The number of rotatable bonds is 5. The van der Waals surface area contributed by atoms with Crippen molar-refractivity contribution in [3.63, 3.8) is 0 Å². The Morgan fingerprint density at radius 1 is 1.20 bits per heavy atom. The van der Waals surface area contributed by atoms with Crippen LogP contribution >= 0.6 is 11.3 Å². The fraction of sp³-hybridized carbons (Fsp3) is 0.579. The second-order valence-corrected chi connectivity index (χ2v) is 8.40. The number of thiazole rings is 1. The first-order chi connectivity index (χ1) is 13.9. The zero-order chi connectivity index (χ0) is 22.1. The number of nitrogens with zero attached hydrogens (tertiary/aromatic N) is 2. The van der Waals surface area contributed by atoms with E-state index in [0.29, 0.717) is 18.8 Å². The van der Waals surface area contributed by atoms with Gasteiger partial charge in [0.1, 0.15) is 9.88 Å². The molecule has 1 aromatic heterocycles. The molecule has 1 aliphatic carbocycles. The standard InChI is InChI=1S/C19H21F6N3OS/c1-11-15(16(29)26-4-7-28-5-2-3-6-28)30-17(27-11)12-8-13(18(20,21)22)10-14(9-12)19(23,24)25/h8,10,12H,2-7,9H2,1H3,(H,26,29). The summed E-state index contributed by atoms with van der Waals surface area (Å²) in [5.74, 6) is -1.61. The molecule has 1 aromatic rings. The average molecular weight is 453 g/mol. The van der Waals surface area contributed by atoms with Gasteiger partial charge in [0, 0.05) is 24.6 Å². The summed E-state index contributed by atoms with van der Waals surface area (Å²) in [4.78, 5) is 19.0. The molecule has 3 rings (SSSR count). The minimum absolute atomic E-state index is 0.0637. The SMILES string of the molecule is Cc1nc(C2C=C(C(F)(F)F)C=C(C(F)(F)F)C2)sc1C(=O)NCCN1CCCC1. The molecule has 1 unspecified atom stereocenters. The van der Waals surface area contributed by atoms with Gasteiger partial charge in [-0.25, -0.2) is 4.98 Å². The maximum atomic E-state index is 13.1. The third-order valence-corrected chi connectivity index (χ3v) is 6.38. The van der Waals surface area contributed by atoms with Crippen LogP contribution in [-0.4, -0.2) is 54.3 Å². The minimum Gasteiger partial charge on any atom is -0.350 e. The van der Waals surface area contributed by atoms with Crippen molar-refractivity contribution < 1.29 is 31.1 Å². The molecule has 166 valence electrons. The monoisotopic (exact) mass is 453 g/mol. The van der Waals surface area contributed by atoms with Crippen LogP contribution in [0.15, 0.2) is 23.3 Å². The first-order valence-corrected chi connectivity index (χ1v) is 10.3. The highest BCUT2D eigenvalue weighted by atomic mass is 32.1. The van der Waals surface area contributed by atoms with Gasteiger partial charge >= 0.3 is 12.4 Å². The predicted octanol–water partition coefficient (Wildman–Crippen LogP) is 4.74. The lowest BCUT2D eigenvalue weighted by molar-refractivity contribution is -0.0991. The summed E-state index contributed by atoms with van der Waals surface area (Å²) >= 11 is 0.839. The lowest BCUT2D eigenvalue weighted by Gasteiger charge is -2.23. The van der Waals surface area contributed by atoms with Crippen molar-refractivity contribution in [2.45, 2.75) is 44.5 Å². The van der Waals surface area contributed by atoms with Gasteiger partial charge in [-0.1, -0.05) is 6.08 Å². The van der Waals surface area contributed by atoms with Gasteiger partial charge in [0.25, 0.3) is 5.91 Å². The molecule has 1 saturated heterocycles. The summed E-state index contributed by atoms with van der Waals surface area (Å²) in [5.41, 5.74) is -2.32. The van der Waals surface area contributed by atoms with Crippen LogP contribution in [0.5, 0.6) is 0 Å². The number of hydrogen-bond acceptors (Lipinski definition) is 4. The van der Waals surface area contributed by atoms with Crippen LogP contribution in [0.2, 0.25) is 0 Å². The number of aryl methyl sites for hydroxylation is 1. The Morgan fingerprint density at radius 2 is 1.87 bits per heavy atom. The molecule has 4 nitrogen and oxygen atoms in total. The highest BCUT2D eigenvalue weighted by molar-refractivity contribution is 7.13. The molecule has 1 N–H and O–H groups in total. The minimum atomic E-state index is -4.91. The van der Waals surface area contributed by atoms with Crippen molar-refractivity contribution in [3.8, 4) is 0 Å². The number of alkyl halides is 6. The highest BCUT2D eigenvalue weighted by Crippen LogP contribution is 2.44. The van der Waals surface area contributed by atoms with Gasteiger partial charge in [0.15, 0.2) is 0 Å². The molecule has 2 heterocycles. The van der Waals surface area contributed by atoms with Crippen molar-refractivity contribution in [1.29, 1.82) is 0 Å². The van der Waals surface area contributed by atoms with E-state index < -0.39 is 41.7 Å². The molecule has 1 atom stereocenters. The predicted molar refractivity (Wildman–Crippen MR) is 100 cm³/mol. The number of halogens is 6. The summed E-state index contributed by atoms with van der Waals surface area (Å²) in [6.45, 7) is 4.58. The molecule has 11 heteroatoms. The Morgan fingerprint density at radius 3 is 2.47 bits per heavy atom. The van der Waals surface area contributed by atoms with Crippen LogP contribution in [0.4, 0.5) is 26.3 Å². The van der Waals surface area contributed by atoms with Crippen molar-refractivity contribution >= 4 is 17.2 Å². The molecule has 2 aliphatic rings. The smallest absolute Gasteiger partial charge is 0.350 e. The number of carbonyl (C=O) groups excluding carboxylic acids is 1. The molecule has 1 aliphatic heterocycles. The van der Waals surface area contributed by atoms with E-state index in [9.17, 15) is 31.1 Å². The summed E-state index contributed by atoms with van der Waals surface area (Å²) in [5, 5.41) is 2.82. The average Bonchev–Trinajstić information content (AvgIpc) is 3.29. The second kappa shape index (κ2) is 8.70. The fourth-order valence-electron chi connectivity index (χ4n) is 3.54. The van der Waals surface area contributed by atoms with Gasteiger partial charge in [0.05, 0.1) is 11.3 Å². The molecular formula is C19H21F6N3OS. The number of hydrogen-bond donors (Lipinski definition) is 1. The van der Waals surface area contributed by atoms with Crippen molar-refractivity contribution in [1.82, 2.24) is 15.2 Å². The van der Waals surface area contributed by atoms with E-state index in [1.807, 2.05) is 0 Å². The topological polar surface area (TPSA) is 45.2 Å². The molecule has 0 bridgehead atoms. The molecular weight excluding hydrogens is 432 g/mol. The first kappa shape index (κ1) is 22.8. The zero-order valence-corrected chi connectivity index (χ0v) is 17.0. The van der Waals surface area contributed by atoms with Crippen LogP contribution in [-0.2, 0) is 0 Å². The van der Waals surface area contributed by atoms with E-state index in [0.717, 1.165) is 43.3 Å². The van der Waals surface area contributed by atoms with Gasteiger partial charge in [-0.3, -0.25) is 4.79 Å². The number of carbonyl (C=O) groups is 1. The van der Waals surface area contributed by atoms with E-state index in [2.05, 4.69) is 15.2 Å². The Balaban J connectivity index is 1.75. The van der Waals surface area contributed by atoms with Crippen LogP contribution < -0.4 is 5.32 Å². The summed E-state index contributed by atoms with van der Waals surface area (Å²) in [6, 6.07) is 0. The summed E-state index contributed by atoms with van der Waals surface area (Å²) in [7, 11) is 0. The summed E-state index contributed by atoms with van der Waals surface area (Å²) < 4.78 is 78.7. The van der Waals surface area contributed by atoms with Gasteiger partial charge in [-0.2, -0.15) is 26.3 Å². The Bertz CT molecular complexity index is 849. The third-order valence-electron chi connectivity index (χ3n) is 5.09. The molecule has 0 spiro atoms. The van der Waals surface area contributed by atoms with E-state index >= 15 is 0 Å². The molecule has 0 saturated carbocycles. The van der Waals surface area contributed by atoms with E-state index in [4.69, 9.17) is 0 Å². The number of likely N-dealkylation sites (tertiary alicyclic amines) is 1. The van der Waals surface area contributed by atoms with Crippen LogP contribution in [0.25, 0.3) is 0 Å². The molecule has 0 radical (unpaired) electrons. The Kier molecular flexibility index (Phi) is 6.61. The van der Waals surface area contributed by atoms with Crippen molar-refractivity contribution in [3.05, 3.63) is 38.9 Å². The quantitative estimate of drug-likeness (QED) is 0.655. The molecule has 30 heavy (non-hydrogen) atoms. The number of nitrogens with one attached hydrogen (secondary N) is 1. The number of allylic oxidation sites excluding steroid dienone is 4. The first-order valence-electron chi connectivity index (χ1n) is 9.50. The maximum Gasteiger partial charge on any atom is 0.416 e. The third kappa shape index (κ3) is 5.42. The molecule has 1 amide bonds. The van der Waals surface area contributed by atoms with E-state index in [1.165, 1.54) is 6.92 Å². The normalized spacial score (nSPS) is 20.8. The van der Waals surface area contributed by atoms with Gasteiger partial charge in [0.2, 0.25) is 0 Å². The maximum absolute atomic E-state index is 13.1. The van der Waals surface area contributed by atoms with Crippen LogP contribution in [0.1, 0.15) is 45.6 Å². The van der Waals surface area contributed by atoms with E-state index in [1.54, 1.807) is 0 Å². The summed E-state index contributed by atoms with van der Waals surface area (Å²) in [6.07, 6.45) is -7.29. The zero-order valence-electron chi connectivity index (χ0n) is 16.2. The van der Waals surface area contributed by atoms with Gasteiger partial charge in [-0.15, -0.1) is 11.3 Å². The Labute approximate surface area is 173 Å². The number of amides is 1. The van der Waals surface area contributed by atoms with Crippen molar-refractivity contribution in [2.75, 3.05) is 26.2 Å². The lowest BCUT2D eigenvalue weighted by Crippen LogP contribution is -2.33.